The van der Waals surface area contributed by atoms with E-state index in [2.05, 4.69) is 31.9 Å². The first kappa shape index (κ1) is 44.8. The lowest BCUT2D eigenvalue weighted by molar-refractivity contribution is -0.133. The molecular weight excluding hydrogens is 687 g/mol. The van der Waals surface area contributed by atoms with Crippen LogP contribution in [0.2, 0.25) is 0 Å². The predicted molar refractivity (Wildman–Crippen MR) is 188 cm³/mol. The topological polar surface area (TPSA) is 287 Å². The maximum Gasteiger partial charge on any atom is 0.256 e. The molecule has 0 aliphatic heterocycles. The van der Waals surface area contributed by atoms with Crippen LogP contribution in [0.3, 0.4) is 0 Å². The molecule has 0 aliphatic rings. The summed E-state index contributed by atoms with van der Waals surface area (Å²) in [4.78, 5) is 97.6. The normalized spacial score (nSPS) is 13.9. The third-order valence-corrected chi connectivity index (χ3v) is 10.0. The summed E-state index contributed by atoms with van der Waals surface area (Å²) in [7, 11) is 0. The van der Waals surface area contributed by atoms with Crippen molar-refractivity contribution in [3.63, 3.8) is 0 Å². The summed E-state index contributed by atoms with van der Waals surface area (Å²) in [6.45, 7) is 11.2. The first-order chi connectivity index (χ1) is 22.0. The number of hydrogen-bond acceptors (Lipinski definition) is 12. The van der Waals surface area contributed by atoms with Crippen LogP contribution in [-0.4, -0.2) is 117 Å². The maximum absolute atomic E-state index is 13.7. The second-order valence-electron chi connectivity index (χ2n) is 12.4. The van der Waals surface area contributed by atoms with Crippen LogP contribution >= 0.6 is 35.3 Å². The Hall–Kier alpha value is -3.23. The zero-order chi connectivity index (χ0) is 37.3. The van der Waals surface area contributed by atoms with E-state index < -0.39 is 83.8 Å². The van der Waals surface area contributed by atoms with E-state index in [0.29, 0.717) is 0 Å². The van der Waals surface area contributed by atoms with Gasteiger partial charge in [-0.05, 0) is 6.42 Å². The molecule has 3 atom stereocenters. The van der Waals surface area contributed by atoms with Crippen molar-refractivity contribution in [2.45, 2.75) is 81.3 Å². The van der Waals surface area contributed by atoms with Gasteiger partial charge in [0, 0.05) is 21.0 Å². The fraction of sp³-hybridized carbons (Fsp3) is 0.714. The Morgan fingerprint density at radius 2 is 1.10 bits per heavy atom. The van der Waals surface area contributed by atoms with Gasteiger partial charge in [0.15, 0.2) is 4.87 Å². The number of nitrogens with two attached hydrogens (primary N) is 3. The van der Waals surface area contributed by atoms with Crippen LogP contribution in [0.15, 0.2) is 0 Å². The summed E-state index contributed by atoms with van der Waals surface area (Å²) in [5, 5.41) is 14.7. The molecule has 3 unspecified atom stereocenters. The van der Waals surface area contributed by atoms with Crippen LogP contribution in [0.25, 0.3) is 0 Å². The highest BCUT2D eigenvalue weighted by Gasteiger charge is 2.41. The molecule has 0 aromatic carbocycles. The van der Waals surface area contributed by atoms with Crippen LogP contribution in [0, 0.1) is 0 Å². The molecule has 0 saturated carbocycles. The van der Waals surface area contributed by atoms with Gasteiger partial charge in [-0.3, -0.25) is 38.4 Å². The number of nitrogens with one attached hydrogen (secondary N) is 6. The van der Waals surface area contributed by atoms with Gasteiger partial charge in [-0.2, -0.15) is 23.5 Å². The predicted octanol–water partition coefficient (Wildman–Crippen LogP) is -2.75. The van der Waals surface area contributed by atoms with E-state index in [1.54, 1.807) is 6.92 Å². The number of carbonyl (C=O) groups is 8. The van der Waals surface area contributed by atoms with E-state index in [1.165, 1.54) is 23.5 Å². The lowest BCUT2D eigenvalue weighted by atomic mass is 10.1. The van der Waals surface area contributed by atoms with E-state index in [9.17, 15) is 38.4 Å². The van der Waals surface area contributed by atoms with Gasteiger partial charge >= 0.3 is 0 Å². The molecule has 0 bridgehead atoms. The Morgan fingerprint density at radius 1 is 0.625 bits per heavy atom. The third-order valence-electron chi connectivity index (χ3n) is 5.80. The van der Waals surface area contributed by atoms with Crippen molar-refractivity contribution < 1.29 is 38.4 Å². The Bertz CT molecular complexity index is 1180. The van der Waals surface area contributed by atoms with Crippen molar-refractivity contribution in [2.24, 2.45) is 17.2 Å². The molecular formula is C28H51N9O8S3. The number of primary amides is 2. The molecule has 8 amide bonds. The van der Waals surface area contributed by atoms with Gasteiger partial charge in [-0.15, -0.1) is 11.8 Å². The summed E-state index contributed by atoms with van der Waals surface area (Å²) >= 11 is 3.51. The molecule has 20 heteroatoms. The van der Waals surface area contributed by atoms with Crippen molar-refractivity contribution in [3.8, 4) is 0 Å². The van der Waals surface area contributed by atoms with E-state index in [0.717, 1.165) is 11.8 Å². The highest BCUT2D eigenvalue weighted by Crippen LogP contribution is 2.28. The number of rotatable bonds is 21. The lowest BCUT2D eigenvalue weighted by Crippen LogP contribution is -2.62. The molecule has 274 valence electrons. The molecule has 0 radical (unpaired) electrons. The zero-order valence-corrected chi connectivity index (χ0v) is 31.0. The highest BCUT2D eigenvalue weighted by atomic mass is 32.2. The zero-order valence-electron chi connectivity index (χ0n) is 28.5. The van der Waals surface area contributed by atoms with Gasteiger partial charge in [0.25, 0.3) is 5.91 Å². The summed E-state index contributed by atoms with van der Waals surface area (Å²) < 4.78 is -0.507. The molecule has 48 heavy (non-hydrogen) atoms. The summed E-state index contributed by atoms with van der Waals surface area (Å²) in [5.41, 5.74) is 15.8. The van der Waals surface area contributed by atoms with E-state index in [-0.39, 0.29) is 39.7 Å². The van der Waals surface area contributed by atoms with Crippen molar-refractivity contribution in [1.29, 1.82) is 0 Å². The van der Waals surface area contributed by atoms with Crippen LogP contribution in [0.4, 0.5) is 0 Å². The van der Waals surface area contributed by atoms with E-state index in [1.807, 2.05) is 41.5 Å². The van der Waals surface area contributed by atoms with Gasteiger partial charge in [-0.25, -0.2) is 0 Å². The summed E-state index contributed by atoms with van der Waals surface area (Å²) in [6.07, 6.45) is -0.0585. The number of hydrogen-bond donors (Lipinski definition) is 9. The van der Waals surface area contributed by atoms with Gasteiger partial charge in [0.2, 0.25) is 41.4 Å². The van der Waals surface area contributed by atoms with Crippen LogP contribution in [0.5, 0.6) is 0 Å². The molecule has 0 aromatic rings. The maximum atomic E-state index is 13.7. The minimum atomic E-state index is -1.79. The third kappa shape index (κ3) is 19.6. The van der Waals surface area contributed by atoms with Gasteiger partial charge in [-0.1, -0.05) is 48.5 Å². The minimum Gasteiger partial charge on any atom is -0.369 e. The molecule has 0 heterocycles. The summed E-state index contributed by atoms with van der Waals surface area (Å²) in [6, 6.07) is -2.11. The van der Waals surface area contributed by atoms with Crippen molar-refractivity contribution in [2.75, 3.05) is 43.4 Å². The van der Waals surface area contributed by atoms with Gasteiger partial charge < -0.3 is 49.1 Å². The molecule has 0 fully saturated rings. The van der Waals surface area contributed by atoms with Crippen LogP contribution < -0.4 is 49.1 Å². The Labute approximate surface area is 294 Å². The Balaban J connectivity index is 5.65. The molecule has 0 aromatic heterocycles. The number of amides is 8. The molecule has 17 nitrogen and oxygen atoms in total. The second-order valence-corrected chi connectivity index (χ2v) is 17.3. The summed E-state index contributed by atoms with van der Waals surface area (Å²) in [5.74, 6) is -5.87. The molecule has 0 spiro atoms. The Morgan fingerprint density at radius 3 is 1.54 bits per heavy atom. The average Bonchev–Trinajstić information content (AvgIpc) is 2.98. The van der Waals surface area contributed by atoms with Gasteiger partial charge in [0.05, 0.1) is 31.9 Å². The first-order valence-corrected chi connectivity index (χ1v) is 17.9. The molecule has 12 N–H and O–H groups in total. The molecule has 0 saturated heterocycles. The Kier molecular flexibility index (Phi) is 19.6. The average molecular weight is 738 g/mol. The first-order valence-electron chi connectivity index (χ1n) is 15.0. The van der Waals surface area contributed by atoms with Crippen molar-refractivity contribution >= 4 is 82.5 Å². The second kappa shape index (κ2) is 21.0. The molecule has 0 aliphatic carbocycles. The lowest BCUT2D eigenvalue weighted by Gasteiger charge is -2.33. The van der Waals surface area contributed by atoms with Crippen molar-refractivity contribution in [3.05, 3.63) is 0 Å². The standard InChI is InChI=1S/C28H51N9O8S3/c1-8-28(48-15-19(31)39,25(45)36-17(14-47-27(5,6)7)24(44)33-10-18(30)38)37-22(42)12-32-21(41)11-34-23(43)16(35-20(40)9-29)13-46-26(2,3)4/h16-17H,8-15,29H2,1-7H3,(H2,30,38)(H2,31,39)(H,32,41)(H,33,44)(H,34,43)(H,35,40)(H,36,45)(H,37,42). The number of carbonyl (C=O) groups excluding carboxylic acids is 8. The quantitative estimate of drug-likeness (QED) is 0.0543. The highest BCUT2D eigenvalue weighted by molar-refractivity contribution is 8.02. The smallest absolute Gasteiger partial charge is 0.256 e. The SMILES string of the molecule is CCC(NC(=O)CNC(=O)CNC(=O)C(CSC(C)(C)C)NC(=O)CN)(SCC(N)=O)C(=O)NC(CSC(C)(C)C)C(=O)NCC(N)=O. The van der Waals surface area contributed by atoms with Gasteiger partial charge in [0.1, 0.15) is 12.1 Å². The number of thioether (sulfide) groups is 3. The fourth-order valence-corrected chi connectivity index (χ4v) is 6.13. The van der Waals surface area contributed by atoms with Crippen molar-refractivity contribution in [1.82, 2.24) is 31.9 Å². The van der Waals surface area contributed by atoms with Crippen LogP contribution in [0.1, 0.15) is 54.9 Å². The van der Waals surface area contributed by atoms with E-state index >= 15 is 0 Å². The minimum absolute atomic E-state index is 0.0585. The van der Waals surface area contributed by atoms with Crippen LogP contribution in [-0.2, 0) is 38.4 Å². The largest absolute Gasteiger partial charge is 0.369 e. The van der Waals surface area contributed by atoms with E-state index in [4.69, 9.17) is 17.2 Å². The monoisotopic (exact) mass is 737 g/mol. The molecule has 0 rings (SSSR count). The fourth-order valence-electron chi connectivity index (χ4n) is 3.36.